The highest BCUT2D eigenvalue weighted by Gasteiger charge is 2.31. The predicted octanol–water partition coefficient (Wildman–Crippen LogP) is 1.64. The van der Waals surface area contributed by atoms with Crippen LogP contribution in [0.1, 0.15) is 29.8 Å². The van der Waals surface area contributed by atoms with Crippen LogP contribution in [0.15, 0.2) is 54.6 Å². The summed E-state index contributed by atoms with van der Waals surface area (Å²) in [5.74, 6) is 0.283. The van der Waals surface area contributed by atoms with E-state index in [1.165, 1.54) is 4.90 Å². The number of likely N-dealkylation sites (N-methyl/N-ethyl adjacent to an activating group) is 1. The van der Waals surface area contributed by atoms with Gasteiger partial charge in [-0.05, 0) is 43.7 Å². The lowest BCUT2D eigenvalue weighted by Gasteiger charge is -2.37. The van der Waals surface area contributed by atoms with Crippen LogP contribution in [0.2, 0.25) is 0 Å². The highest BCUT2D eigenvalue weighted by Crippen LogP contribution is 2.15. The van der Waals surface area contributed by atoms with Crippen molar-refractivity contribution in [3.05, 3.63) is 65.7 Å². The van der Waals surface area contributed by atoms with Gasteiger partial charge in [-0.25, -0.2) is 0 Å². The maximum atomic E-state index is 12.9. The molecule has 2 aromatic carbocycles. The molecule has 0 aliphatic carbocycles. The van der Waals surface area contributed by atoms with Gasteiger partial charge in [0, 0.05) is 24.8 Å². The smallest absolute Gasteiger partial charge is 0.280 e. The van der Waals surface area contributed by atoms with Crippen molar-refractivity contribution in [1.29, 1.82) is 0 Å². The van der Waals surface area contributed by atoms with Crippen LogP contribution in [0.5, 0.6) is 0 Å². The molecule has 0 unspecified atom stereocenters. The van der Waals surface area contributed by atoms with Gasteiger partial charge >= 0.3 is 0 Å². The van der Waals surface area contributed by atoms with Gasteiger partial charge in [-0.3, -0.25) is 9.59 Å². The Balaban J connectivity index is 1.53. The Kier molecular flexibility index (Phi) is 6.47. The van der Waals surface area contributed by atoms with E-state index in [-0.39, 0.29) is 17.7 Å². The first-order valence-electron chi connectivity index (χ1n) is 9.95. The fourth-order valence-corrected chi connectivity index (χ4v) is 3.83. The van der Waals surface area contributed by atoms with Gasteiger partial charge in [0.25, 0.3) is 5.91 Å². The van der Waals surface area contributed by atoms with E-state index in [1.807, 2.05) is 61.3 Å². The molecule has 1 saturated heterocycles. The summed E-state index contributed by atoms with van der Waals surface area (Å²) in [7, 11) is 1.89. The van der Waals surface area contributed by atoms with Gasteiger partial charge in [0.15, 0.2) is 11.8 Å². The molecule has 1 heterocycles. The zero-order chi connectivity index (χ0) is 20.1. The third-order valence-corrected chi connectivity index (χ3v) is 5.67. The molecule has 1 aliphatic rings. The zero-order valence-corrected chi connectivity index (χ0v) is 17.0. The number of Topliss-reactive ketones (excluding diaryl/α,β-unsaturated/α-hetero) is 1. The molecule has 3 rings (SSSR count). The van der Waals surface area contributed by atoms with Gasteiger partial charge in [0.05, 0.1) is 26.2 Å². The van der Waals surface area contributed by atoms with Gasteiger partial charge in [-0.1, -0.05) is 30.3 Å². The van der Waals surface area contributed by atoms with E-state index in [0.717, 1.165) is 43.0 Å². The Morgan fingerprint density at radius 3 is 2.21 bits per heavy atom. The first kappa shape index (κ1) is 20.1. The minimum atomic E-state index is -0.0454. The van der Waals surface area contributed by atoms with Crippen LogP contribution in [0.25, 0.3) is 0 Å². The Morgan fingerprint density at radius 1 is 1.04 bits per heavy atom. The number of quaternary nitrogens is 1. The Bertz CT molecular complexity index is 796. The van der Waals surface area contributed by atoms with Crippen molar-refractivity contribution in [3.8, 4) is 0 Å². The number of nitrogens with zero attached hydrogens (tertiary/aromatic N) is 2. The van der Waals surface area contributed by atoms with E-state index in [4.69, 9.17) is 0 Å². The number of nitrogens with one attached hydrogen (secondary N) is 1. The second kappa shape index (κ2) is 9.02. The molecule has 0 spiro atoms. The van der Waals surface area contributed by atoms with Crippen LogP contribution >= 0.6 is 0 Å². The number of hydrogen-bond acceptors (Lipinski definition) is 3. The summed E-state index contributed by atoms with van der Waals surface area (Å²) >= 11 is 0. The summed E-state index contributed by atoms with van der Waals surface area (Å²) in [6.07, 6.45) is 0. The monoisotopic (exact) mass is 380 g/mol. The molecule has 1 N–H and O–H groups in total. The molecule has 0 bridgehead atoms. The molecule has 28 heavy (non-hydrogen) atoms. The van der Waals surface area contributed by atoms with Crippen LogP contribution < -0.4 is 9.80 Å². The Hall–Kier alpha value is -2.66. The maximum absolute atomic E-state index is 12.9. The molecular formula is C23H30N3O2+. The van der Waals surface area contributed by atoms with E-state index in [2.05, 4.69) is 17.0 Å². The summed E-state index contributed by atoms with van der Waals surface area (Å²) in [5, 5.41) is 0. The van der Waals surface area contributed by atoms with Crippen molar-refractivity contribution in [2.45, 2.75) is 26.4 Å². The predicted molar refractivity (Wildman–Crippen MR) is 112 cm³/mol. The molecule has 5 heteroatoms. The number of amides is 1. The minimum Gasteiger partial charge on any atom is -0.360 e. The van der Waals surface area contributed by atoms with Gasteiger partial charge in [0.2, 0.25) is 0 Å². The van der Waals surface area contributed by atoms with Crippen LogP contribution in [0.3, 0.4) is 0 Å². The van der Waals surface area contributed by atoms with Gasteiger partial charge in [-0.2, -0.15) is 0 Å². The number of piperazine rings is 1. The molecule has 1 amide bonds. The SMILES string of the molecule is CC(=O)c1ccc(N2CC[NH+]([C@@H](C)C(=O)N(C)Cc3ccccc3)CC2)cc1. The van der Waals surface area contributed by atoms with Crippen molar-refractivity contribution in [3.63, 3.8) is 0 Å². The number of carbonyl (C=O) groups excluding carboxylic acids is 2. The van der Waals surface area contributed by atoms with E-state index < -0.39 is 0 Å². The molecule has 1 fully saturated rings. The molecule has 0 aromatic heterocycles. The third-order valence-electron chi connectivity index (χ3n) is 5.67. The topological polar surface area (TPSA) is 45.1 Å². The molecule has 1 atom stereocenters. The number of anilines is 1. The van der Waals surface area contributed by atoms with Gasteiger partial charge < -0.3 is 14.7 Å². The molecule has 5 nitrogen and oxygen atoms in total. The van der Waals surface area contributed by atoms with Crippen molar-refractivity contribution in [1.82, 2.24) is 4.90 Å². The number of benzene rings is 2. The second-order valence-electron chi connectivity index (χ2n) is 7.65. The summed E-state index contributed by atoms with van der Waals surface area (Å²) in [5.41, 5.74) is 3.04. The lowest BCUT2D eigenvalue weighted by atomic mass is 10.1. The molecule has 0 radical (unpaired) electrons. The number of ketones is 1. The van der Waals surface area contributed by atoms with Gasteiger partial charge in [-0.15, -0.1) is 0 Å². The highest BCUT2D eigenvalue weighted by molar-refractivity contribution is 5.94. The zero-order valence-electron chi connectivity index (χ0n) is 17.0. The Morgan fingerprint density at radius 2 is 1.64 bits per heavy atom. The van der Waals surface area contributed by atoms with Crippen molar-refractivity contribution < 1.29 is 14.5 Å². The number of carbonyl (C=O) groups is 2. The standard InChI is InChI=1S/C23H29N3O2/c1-18(23(28)24(3)17-20-7-5-4-6-8-20)25-13-15-26(16-14-25)22-11-9-21(10-12-22)19(2)27/h4-12,18H,13-17H2,1-3H3/p+1/t18-/m0/s1. The van der Waals surface area contributed by atoms with Crippen molar-refractivity contribution in [2.24, 2.45) is 0 Å². The first-order valence-corrected chi connectivity index (χ1v) is 9.95. The average molecular weight is 381 g/mol. The minimum absolute atomic E-state index is 0.0454. The lowest BCUT2D eigenvalue weighted by molar-refractivity contribution is -0.915. The largest absolute Gasteiger partial charge is 0.360 e. The second-order valence-corrected chi connectivity index (χ2v) is 7.65. The van der Waals surface area contributed by atoms with E-state index in [9.17, 15) is 9.59 Å². The quantitative estimate of drug-likeness (QED) is 0.775. The summed E-state index contributed by atoms with van der Waals surface area (Å²) in [4.78, 5) is 29.8. The molecule has 2 aromatic rings. The van der Waals surface area contributed by atoms with Crippen LogP contribution in [-0.4, -0.2) is 55.9 Å². The third kappa shape index (κ3) is 4.78. The van der Waals surface area contributed by atoms with Crippen LogP contribution in [0, 0.1) is 0 Å². The maximum Gasteiger partial charge on any atom is 0.280 e. The van der Waals surface area contributed by atoms with Crippen molar-refractivity contribution in [2.75, 3.05) is 38.1 Å². The Labute approximate surface area is 167 Å². The average Bonchev–Trinajstić information content (AvgIpc) is 2.73. The van der Waals surface area contributed by atoms with E-state index in [0.29, 0.717) is 6.54 Å². The van der Waals surface area contributed by atoms with Crippen LogP contribution in [0.4, 0.5) is 5.69 Å². The molecular weight excluding hydrogens is 350 g/mol. The summed E-state index contributed by atoms with van der Waals surface area (Å²) in [6.45, 7) is 7.96. The fourth-order valence-electron chi connectivity index (χ4n) is 3.83. The van der Waals surface area contributed by atoms with E-state index in [1.54, 1.807) is 6.92 Å². The lowest BCUT2D eigenvalue weighted by Crippen LogP contribution is -3.19. The summed E-state index contributed by atoms with van der Waals surface area (Å²) < 4.78 is 0. The normalized spacial score (nSPS) is 15.9. The molecule has 1 aliphatic heterocycles. The van der Waals surface area contributed by atoms with Crippen molar-refractivity contribution >= 4 is 17.4 Å². The van der Waals surface area contributed by atoms with Gasteiger partial charge in [0.1, 0.15) is 0 Å². The first-order chi connectivity index (χ1) is 13.5. The van der Waals surface area contributed by atoms with Crippen LogP contribution in [-0.2, 0) is 11.3 Å². The number of hydrogen-bond donors (Lipinski definition) is 1. The summed E-state index contributed by atoms with van der Waals surface area (Å²) in [6, 6.07) is 17.9. The highest BCUT2D eigenvalue weighted by atomic mass is 16.2. The molecule has 0 saturated carbocycles. The number of rotatable bonds is 6. The molecule has 148 valence electrons. The fraction of sp³-hybridized carbons (Fsp3) is 0.391. The van der Waals surface area contributed by atoms with E-state index >= 15 is 0 Å².